The maximum Gasteiger partial charge on any atom is 0.449 e. The number of hydrogen-bond acceptors (Lipinski definition) is 4. The van der Waals surface area contributed by atoms with E-state index in [0.29, 0.717) is 0 Å². The molecule has 0 aliphatic rings. The summed E-state index contributed by atoms with van der Waals surface area (Å²) in [5.74, 6) is 0. The van der Waals surface area contributed by atoms with Crippen molar-refractivity contribution in [3.63, 3.8) is 0 Å². The third kappa shape index (κ3) is 4.84. The molecule has 0 saturated heterocycles. The summed E-state index contributed by atoms with van der Waals surface area (Å²) in [6.07, 6.45) is -13.0. The largest absolute Gasteiger partial charge is 0.449 e. The number of sulfonamides is 1. The average Bonchev–Trinajstić information content (AvgIpc) is 2.08. The molecule has 18 heteroatoms. The van der Waals surface area contributed by atoms with Crippen molar-refractivity contribution in [2.24, 2.45) is 0 Å². The van der Waals surface area contributed by atoms with Crippen molar-refractivity contribution in [2.75, 3.05) is 0 Å². The molecule has 0 rings (SSSR count). The molecule has 0 radical (unpaired) electrons. The van der Waals surface area contributed by atoms with Gasteiger partial charge in [-0.1, -0.05) is 0 Å². The summed E-state index contributed by atoms with van der Waals surface area (Å²) in [5.41, 5.74) is 0. The van der Waals surface area contributed by atoms with Gasteiger partial charge in [0.2, 0.25) is 0 Å². The van der Waals surface area contributed by atoms with E-state index in [-0.39, 0.29) is 4.49 Å². The van der Waals surface area contributed by atoms with Gasteiger partial charge in [0.05, 0.1) is 0 Å². The predicted molar refractivity (Wildman–Crippen MR) is 59.0 cm³/mol. The average molecular weight is 503 g/mol. The minimum absolute atomic E-state index is 0.239. The number of ether oxygens (including phenoxy) is 1. The van der Waals surface area contributed by atoms with Gasteiger partial charge in [0, 0.05) is 22.6 Å². The van der Waals surface area contributed by atoms with E-state index < -0.39 is 61.8 Å². The normalized spacial score (nSPS) is 16.0. The number of rotatable bonds is 7. The van der Waals surface area contributed by atoms with Crippen molar-refractivity contribution in [1.29, 1.82) is 0 Å². The number of halogens is 9. The summed E-state index contributed by atoms with van der Waals surface area (Å²) < 4.78 is 129. The van der Waals surface area contributed by atoms with Crippen molar-refractivity contribution in [1.82, 2.24) is 4.49 Å². The first-order valence-corrected chi connectivity index (χ1v) is 8.33. The molecule has 0 aromatic carbocycles. The van der Waals surface area contributed by atoms with E-state index in [1.54, 1.807) is 0 Å². The Hall–Kier alpha value is 0.190. The van der Waals surface area contributed by atoms with Gasteiger partial charge in [0.15, 0.2) is 0 Å². The van der Waals surface area contributed by atoms with Gasteiger partial charge >= 0.3 is 29.1 Å². The van der Waals surface area contributed by atoms with Crippen LogP contribution in [0.3, 0.4) is 0 Å². The zero-order valence-electron chi connectivity index (χ0n) is 9.28. The Morgan fingerprint density at radius 2 is 1.32 bits per heavy atom. The van der Waals surface area contributed by atoms with Crippen LogP contribution in [-0.4, -0.2) is 39.6 Å². The van der Waals surface area contributed by atoms with E-state index in [1.165, 1.54) is 0 Å². The summed E-state index contributed by atoms with van der Waals surface area (Å²) in [4.78, 5) is 16.2. The highest BCUT2D eigenvalue weighted by Gasteiger charge is 2.74. The van der Waals surface area contributed by atoms with E-state index in [9.17, 15) is 48.1 Å². The lowest BCUT2D eigenvalue weighted by molar-refractivity contribution is -0.438. The molecule has 0 amide bonds. The fourth-order valence-corrected chi connectivity index (χ4v) is 2.82. The maximum absolute atomic E-state index is 13.0. The molecule has 0 saturated carbocycles. The van der Waals surface area contributed by atoms with Gasteiger partial charge in [0.1, 0.15) is 0 Å². The SMILES string of the molecule is O=P(O)(O)NS(=O)(=O)C(F)(F)C(F)(F)OC(F)(F)C(F)(F)I. The van der Waals surface area contributed by atoms with Crippen LogP contribution in [0, 0.1) is 0 Å². The van der Waals surface area contributed by atoms with Crippen LogP contribution < -0.4 is 4.49 Å². The fraction of sp³-hybridized carbons (Fsp3) is 1.00. The van der Waals surface area contributed by atoms with Crippen LogP contribution in [0.15, 0.2) is 0 Å². The van der Waals surface area contributed by atoms with Crippen LogP contribution in [0.1, 0.15) is 0 Å². The Morgan fingerprint density at radius 3 is 1.59 bits per heavy atom. The molecule has 7 nitrogen and oxygen atoms in total. The molecule has 0 bridgehead atoms. The molecule has 0 aliphatic carbocycles. The molecule has 0 spiro atoms. The lowest BCUT2D eigenvalue weighted by Gasteiger charge is -2.30. The first kappa shape index (κ1) is 22.2. The van der Waals surface area contributed by atoms with E-state index in [2.05, 4.69) is 0 Å². The van der Waals surface area contributed by atoms with Gasteiger partial charge in [-0.05, 0) is 0 Å². The molecular weight excluding hydrogens is 500 g/mol. The number of alkyl halides is 9. The second-order valence-electron chi connectivity index (χ2n) is 3.29. The highest BCUT2D eigenvalue weighted by atomic mass is 127. The van der Waals surface area contributed by atoms with Gasteiger partial charge in [-0.3, -0.25) is 0 Å². The van der Waals surface area contributed by atoms with Crippen molar-refractivity contribution in [3.8, 4) is 0 Å². The second kappa shape index (κ2) is 5.92. The summed E-state index contributed by atoms with van der Waals surface area (Å²) in [5, 5.41) is -6.73. The van der Waals surface area contributed by atoms with Crippen LogP contribution in [0.5, 0.6) is 0 Å². The standard InChI is InChI=1S/C4H3F8INO6PS/c5-1(6,13)2(7,8)20-3(9,10)4(11,12)22(18,19)14-21(15,16)17/h(H3,14,15,16,17). The van der Waals surface area contributed by atoms with Crippen molar-refractivity contribution in [2.45, 2.75) is 21.4 Å². The quantitative estimate of drug-likeness (QED) is 0.212. The fourth-order valence-electron chi connectivity index (χ4n) is 0.649. The van der Waals surface area contributed by atoms with E-state index in [0.717, 1.165) is 0 Å². The third-order valence-corrected chi connectivity index (χ3v) is 4.96. The highest BCUT2D eigenvalue weighted by molar-refractivity contribution is 14.1. The van der Waals surface area contributed by atoms with Crippen molar-refractivity contribution in [3.05, 3.63) is 0 Å². The Balaban J connectivity index is 5.74. The zero-order valence-corrected chi connectivity index (χ0v) is 13.2. The molecule has 22 heavy (non-hydrogen) atoms. The maximum atomic E-state index is 13.0. The molecule has 0 heterocycles. The number of nitrogens with one attached hydrogen (secondary N) is 1. The van der Waals surface area contributed by atoms with Gasteiger partial charge in [-0.15, -0.1) is 4.49 Å². The molecule has 0 atom stereocenters. The van der Waals surface area contributed by atoms with Crippen LogP contribution in [0.2, 0.25) is 0 Å². The third-order valence-electron chi connectivity index (χ3n) is 1.50. The summed E-state index contributed by atoms with van der Waals surface area (Å²) in [7, 11) is -13.1. The summed E-state index contributed by atoms with van der Waals surface area (Å²) in [6.45, 7) is 0. The number of hydrogen-bond donors (Lipinski definition) is 3. The lowest BCUT2D eigenvalue weighted by atomic mass is 10.6. The first-order valence-electron chi connectivity index (χ1n) is 4.16. The molecule has 0 unspecified atom stereocenters. The van der Waals surface area contributed by atoms with Gasteiger partial charge in [-0.2, -0.15) is 35.1 Å². The first-order chi connectivity index (χ1) is 9.16. The Bertz CT molecular complexity index is 570. The minimum atomic E-state index is -7.00. The van der Waals surface area contributed by atoms with Gasteiger partial charge in [0.25, 0.3) is 10.0 Å². The molecule has 0 aliphatic heterocycles. The molecule has 0 aromatic heterocycles. The van der Waals surface area contributed by atoms with Crippen LogP contribution >= 0.6 is 30.3 Å². The van der Waals surface area contributed by atoms with Crippen molar-refractivity contribution >= 4 is 40.4 Å². The lowest BCUT2D eigenvalue weighted by Crippen LogP contribution is -2.56. The molecular formula is C4H3F8INO6PS. The monoisotopic (exact) mass is 503 g/mol. The zero-order chi connectivity index (χ0) is 18.4. The Morgan fingerprint density at radius 1 is 0.955 bits per heavy atom. The highest BCUT2D eigenvalue weighted by Crippen LogP contribution is 2.49. The molecule has 0 aromatic rings. The molecule has 3 N–H and O–H groups in total. The van der Waals surface area contributed by atoms with E-state index in [1.807, 2.05) is 4.74 Å². The van der Waals surface area contributed by atoms with Gasteiger partial charge in [-0.25, -0.2) is 17.7 Å². The molecule has 0 fully saturated rings. The smallest absolute Gasteiger partial charge is 0.312 e. The minimum Gasteiger partial charge on any atom is -0.312 e. The van der Waals surface area contributed by atoms with Crippen LogP contribution in [0.25, 0.3) is 0 Å². The van der Waals surface area contributed by atoms with E-state index >= 15 is 0 Å². The molecule has 134 valence electrons. The van der Waals surface area contributed by atoms with Crippen LogP contribution in [0.4, 0.5) is 35.1 Å². The summed E-state index contributed by atoms with van der Waals surface area (Å²) >= 11 is -0.446. The van der Waals surface area contributed by atoms with Crippen LogP contribution in [-0.2, 0) is 19.3 Å². The van der Waals surface area contributed by atoms with E-state index in [4.69, 9.17) is 9.79 Å². The summed E-state index contributed by atoms with van der Waals surface area (Å²) in [6, 6.07) is 0. The van der Waals surface area contributed by atoms with Crippen molar-refractivity contribution < 1.29 is 62.6 Å². The predicted octanol–water partition coefficient (Wildman–Crippen LogP) is 1.82. The Labute approximate surface area is 129 Å². The van der Waals surface area contributed by atoms with Gasteiger partial charge < -0.3 is 9.79 Å². The Kier molecular flexibility index (Phi) is 5.97. The second-order valence-corrected chi connectivity index (χ2v) is 7.98. The topological polar surface area (TPSA) is 113 Å².